The Morgan fingerprint density at radius 2 is 1.59 bits per heavy atom. The second-order valence-electron chi connectivity index (χ2n) is 6.73. The van der Waals surface area contributed by atoms with Crippen molar-refractivity contribution in [3.63, 3.8) is 0 Å². The van der Waals surface area contributed by atoms with Gasteiger partial charge in [0, 0.05) is 11.3 Å². The highest BCUT2D eigenvalue weighted by Crippen LogP contribution is 2.20. The van der Waals surface area contributed by atoms with Crippen LogP contribution in [0.3, 0.4) is 0 Å². The van der Waals surface area contributed by atoms with Gasteiger partial charge < -0.3 is 5.32 Å². The lowest BCUT2D eigenvalue weighted by atomic mass is 10.1. The molecule has 0 aliphatic heterocycles. The first-order chi connectivity index (χ1) is 13.0. The molecule has 0 aliphatic carbocycles. The lowest BCUT2D eigenvalue weighted by Gasteiger charge is -2.07. The van der Waals surface area contributed by atoms with E-state index >= 15 is 0 Å². The fourth-order valence-electron chi connectivity index (χ4n) is 2.98. The minimum Gasteiger partial charge on any atom is -0.322 e. The van der Waals surface area contributed by atoms with Gasteiger partial charge in [-0.25, -0.2) is 0 Å². The van der Waals surface area contributed by atoms with Gasteiger partial charge in [-0.3, -0.25) is 4.79 Å². The van der Waals surface area contributed by atoms with Crippen LogP contribution in [0.4, 0.5) is 5.69 Å². The molecule has 4 aromatic rings. The molecule has 0 radical (unpaired) electrons. The van der Waals surface area contributed by atoms with E-state index < -0.39 is 0 Å². The van der Waals surface area contributed by atoms with Gasteiger partial charge in [0.2, 0.25) is 0 Å². The molecule has 0 aliphatic rings. The van der Waals surface area contributed by atoms with Crippen LogP contribution in [0.2, 0.25) is 0 Å². The number of nitrogens with zero attached hydrogens (tertiary/aromatic N) is 3. The molecule has 0 fully saturated rings. The topological polar surface area (TPSA) is 59.8 Å². The molecule has 0 bridgehead atoms. The smallest absolute Gasteiger partial charge is 0.255 e. The predicted octanol–water partition coefficient (Wildman–Crippen LogP) is 4.60. The van der Waals surface area contributed by atoms with Crippen molar-refractivity contribution in [1.82, 2.24) is 15.0 Å². The fourth-order valence-corrected chi connectivity index (χ4v) is 2.98. The van der Waals surface area contributed by atoms with E-state index in [-0.39, 0.29) is 5.91 Å². The van der Waals surface area contributed by atoms with E-state index in [4.69, 9.17) is 0 Å². The van der Waals surface area contributed by atoms with Gasteiger partial charge in [-0.15, -0.1) is 10.2 Å². The molecule has 5 heteroatoms. The first-order valence-electron chi connectivity index (χ1n) is 8.83. The molecule has 0 saturated carbocycles. The van der Waals surface area contributed by atoms with Gasteiger partial charge in [-0.1, -0.05) is 24.3 Å². The van der Waals surface area contributed by atoms with Crippen LogP contribution in [0.15, 0.2) is 60.7 Å². The van der Waals surface area contributed by atoms with Gasteiger partial charge in [0.1, 0.15) is 11.0 Å². The first kappa shape index (κ1) is 17.0. The Hall–Kier alpha value is -3.47. The number of benzene rings is 3. The number of aromatic nitrogens is 3. The maximum absolute atomic E-state index is 12.5. The van der Waals surface area contributed by atoms with Crippen molar-refractivity contribution in [2.45, 2.75) is 20.8 Å². The highest BCUT2D eigenvalue weighted by molar-refractivity contribution is 6.05. The molecule has 1 N–H and O–H groups in total. The maximum Gasteiger partial charge on any atom is 0.255 e. The van der Waals surface area contributed by atoms with Crippen molar-refractivity contribution in [1.29, 1.82) is 0 Å². The molecule has 5 nitrogen and oxygen atoms in total. The SMILES string of the molecule is Cc1ccc(-n2nc3ccc(NC(=O)c4ccccc4C)cc3n2)cc1C. The van der Waals surface area contributed by atoms with Crippen molar-refractivity contribution < 1.29 is 4.79 Å². The van der Waals surface area contributed by atoms with Crippen LogP contribution in [0, 0.1) is 20.8 Å². The number of hydrogen-bond donors (Lipinski definition) is 1. The molecule has 0 saturated heterocycles. The van der Waals surface area contributed by atoms with E-state index in [0.29, 0.717) is 11.3 Å². The van der Waals surface area contributed by atoms with Crippen molar-refractivity contribution >= 4 is 22.6 Å². The normalized spacial score (nSPS) is 10.9. The number of hydrogen-bond acceptors (Lipinski definition) is 3. The van der Waals surface area contributed by atoms with Crippen molar-refractivity contribution in [3.8, 4) is 5.69 Å². The molecule has 0 unspecified atom stereocenters. The lowest BCUT2D eigenvalue weighted by Crippen LogP contribution is -2.13. The van der Waals surface area contributed by atoms with Crippen LogP contribution in [0.5, 0.6) is 0 Å². The molecular formula is C22H20N4O. The second-order valence-corrected chi connectivity index (χ2v) is 6.73. The third kappa shape index (κ3) is 3.31. The summed E-state index contributed by atoms with van der Waals surface area (Å²) in [5, 5.41) is 12.0. The number of fused-ring (bicyclic) bond motifs is 1. The summed E-state index contributed by atoms with van der Waals surface area (Å²) in [6.07, 6.45) is 0. The minimum atomic E-state index is -0.131. The summed E-state index contributed by atoms with van der Waals surface area (Å²) in [4.78, 5) is 14.1. The highest BCUT2D eigenvalue weighted by Gasteiger charge is 2.11. The van der Waals surface area contributed by atoms with E-state index in [2.05, 4.69) is 41.5 Å². The molecule has 0 atom stereocenters. The Morgan fingerprint density at radius 1 is 0.815 bits per heavy atom. The van der Waals surface area contributed by atoms with Gasteiger partial charge in [-0.2, -0.15) is 4.80 Å². The minimum absolute atomic E-state index is 0.131. The molecule has 0 spiro atoms. The number of rotatable bonds is 3. The number of amides is 1. The van der Waals surface area contributed by atoms with Crippen molar-refractivity contribution in [2.75, 3.05) is 5.32 Å². The third-order valence-corrected chi connectivity index (χ3v) is 4.75. The zero-order valence-corrected chi connectivity index (χ0v) is 15.5. The summed E-state index contributed by atoms with van der Waals surface area (Å²) in [6.45, 7) is 6.07. The van der Waals surface area contributed by atoms with Crippen LogP contribution in [0.1, 0.15) is 27.0 Å². The monoisotopic (exact) mass is 356 g/mol. The molecule has 1 amide bonds. The van der Waals surface area contributed by atoms with E-state index in [1.807, 2.05) is 55.5 Å². The Kier molecular flexibility index (Phi) is 4.20. The van der Waals surface area contributed by atoms with E-state index in [9.17, 15) is 4.79 Å². The second kappa shape index (κ2) is 6.68. The number of carbonyl (C=O) groups is 1. The zero-order valence-electron chi connectivity index (χ0n) is 15.5. The van der Waals surface area contributed by atoms with Crippen LogP contribution in [-0.2, 0) is 0 Å². The van der Waals surface area contributed by atoms with E-state index in [1.54, 1.807) is 4.80 Å². The van der Waals surface area contributed by atoms with Crippen LogP contribution in [-0.4, -0.2) is 20.9 Å². The average molecular weight is 356 g/mol. The number of anilines is 1. The summed E-state index contributed by atoms with van der Waals surface area (Å²) < 4.78 is 0. The average Bonchev–Trinajstić information content (AvgIpc) is 3.07. The number of carbonyl (C=O) groups excluding carboxylic acids is 1. The molecular weight excluding hydrogens is 336 g/mol. The molecule has 134 valence electrons. The molecule has 1 heterocycles. The summed E-state index contributed by atoms with van der Waals surface area (Å²) in [5.41, 5.74) is 7.16. The summed E-state index contributed by atoms with van der Waals surface area (Å²) in [6, 6.07) is 19.2. The molecule has 27 heavy (non-hydrogen) atoms. The highest BCUT2D eigenvalue weighted by atomic mass is 16.1. The Labute approximate surface area is 157 Å². The number of nitrogens with one attached hydrogen (secondary N) is 1. The van der Waals surface area contributed by atoms with Crippen LogP contribution < -0.4 is 5.32 Å². The van der Waals surface area contributed by atoms with Crippen LogP contribution >= 0.6 is 0 Å². The maximum atomic E-state index is 12.5. The summed E-state index contributed by atoms with van der Waals surface area (Å²) in [5.74, 6) is -0.131. The van der Waals surface area contributed by atoms with E-state index in [1.165, 1.54) is 11.1 Å². The predicted molar refractivity (Wildman–Crippen MR) is 107 cm³/mol. The van der Waals surface area contributed by atoms with Crippen molar-refractivity contribution in [2.24, 2.45) is 0 Å². The standard InChI is InChI=1S/C22H20N4O/c1-14-8-10-18(12-16(14)3)26-24-20-11-9-17(13-21(20)25-26)23-22(27)19-7-5-4-6-15(19)2/h4-13H,1-3H3,(H,23,27). The van der Waals surface area contributed by atoms with Gasteiger partial charge in [-0.05, 0) is 73.9 Å². The van der Waals surface area contributed by atoms with E-state index in [0.717, 1.165) is 22.3 Å². The number of aryl methyl sites for hydroxylation is 3. The van der Waals surface area contributed by atoms with Gasteiger partial charge in [0.05, 0.1) is 5.69 Å². The Bertz CT molecular complexity index is 1160. The molecule has 4 rings (SSSR count). The summed E-state index contributed by atoms with van der Waals surface area (Å²) in [7, 11) is 0. The van der Waals surface area contributed by atoms with Gasteiger partial charge >= 0.3 is 0 Å². The molecule has 1 aromatic heterocycles. The lowest BCUT2D eigenvalue weighted by molar-refractivity contribution is 0.102. The van der Waals surface area contributed by atoms with Gasteiger partial charge in [0.25, 0.3) is 5.91 Å². The van der Waals surface area contributed by atoms with Gasteiger partial charge in [0.15, 0.2) is 0 Å². The quantitative estimate of drug-likeness (QED) is 0.584. The Morgan fingerprint density at radius 3 is 2.37 bits per heavy atom. The van der Waals surface area contributed by atoms with Crippen molar-refractivity contribution in [3.05, 3.63) is 82.9 Å². The fraction of sp³-hybridized carbons (Fsp3) is 0.136. The summed E-state index contributed by atoms with van der Waals surface area (Å²) >= 11 is 0. The van der Waals surface area contributed by atoms with Crippen LogP contribution in [0.25, 0.3) is 16.7 Å². The third-order valence-electron chi connectivity index (χ3n) is 4.75. The largest absolute Gasteiger partial charge is 0.322 e. The first-order valence-corrected chi connectivity index (χ1v) is 8.83. The molecule has 3 aromatic carbocycles. The Balaban J connectivity index is 1.64. The zero-order chi connectivity index (χ0) is 19.0.